The highest BCUT2D eigenvalue weighted by Crippen LogP contribution is 2.40. The second-order valence-corrected chi connectivity index (χ2v) is 4.96. The molecule has 0 aliphatic heterocycles. The highest BCUT2D eigenvalue weighted by Gasteiger charge is 2.30. The van der Waals surface area contributed by atoms with Crippen LogP contribution in [0.1, 0.15) is 44.1 Å². The standard InChI is InChI=1S/C14H17ClF/c1-2-10-3-8-13(14(16)9-10)11-4-6-12(15)7-5-11/h4-7,13-14H,2-3,8-9H2,1H3. The van der Waals surface area contributed by atoms with Crippen molar-refractivity contribution in [1.29, 1.82) is 0 Å². The maximum atomic E-state index is 14.0. The molecule has 87 valence electrons. The van der Waals surface area contributed by atoms with E-state index < -0.39 is 6.17 Å². The lowest BCUT2D eigenvalue weighted by atomic mass is 9.76. The predicted molar refractivity (Wildman–Crippen MR) is 66.5 cm³/mol. The van der Waals surface area contributed by atoms with Crippen LogP contribution in [-0.2, 0) is 0 Å². The van der Waals surface area contributed by atoms with Gasteiger partial charge in [0.15, 0.2) is 0 Å². The monoisotopic (exact) mass is 239 g/mol. The second kappa shape index (κ2) is 5.18. The van der Waals surface area contributed by atoms with E-state index in [4.69, 9.17) is 11.6 Å². The van der Waals surface area contributed by atoms with E-state index >= 15 is 0 Å². The van der Waals surface area contributed by atoms with E-state index in [9.17, 15) is 4.39 Å². The molecular weight excluding hydrogens is 223 g/mol. The highest BCUT2D eigenvalue weighted by atomic mass is 35.5. The zero-order valence-electron chi connectivity index (χ0n) is 9.55. The molecule has 1 aliphatic carbocycles. The van der Waals surface area contributed by atoms with Gasteiger partial charge in [0.25, 0.3) is 0 Å². The molecule has 0 aromatic heterocycles. The van der Waals surface area contributed by atoms with Gasteiger partial charge in [-0.05, 0) is 49.3 Å². The van der Waals surface area contributed by atoms with Crippen molar-refractivity contribution in [3.05, 3.63) is 40.8 Å². The molecule has 1 aromatic rings. The van der Waals surface area contributed by atoms with E-state index in [1.807, 2.05) is 24.3 Å². The van der Waals surface area contributed by atoms with Crippen molar-refractivity contribution in [2.45, 2.75) is 44.7 Å². The molecular formula is C14H17ClF. The average molecular weight is 240 g/mol. The fraction of sp³-hybridized carbons (Fsp3) is 0.500. The van der Waals surface area contributed by atoms with Gasteiger partial charge < -0.3 is 0 Å². The van der Waals surface area contributed by atoms with E-state index in [1.165, 1.54) is 5.92 Å². The molecule has 16 heavy (non-hydrogen) atoms. The smallest absolute Gasteiger partial charge is 0.107 e. The van der Waals surface area contributed by atoms with Gasteiger partial charge in [-0.2, -0.15) is 0 Å². The number of hydrogen-bond donors (Lipinski definition) is 0. The SMILES string of the molecule is CC[C]1CCC(c2ccc(Cl)cc2)C(F)C1. The van der Waals surface area contributed by atoms with Gasteiger partial charge in [0.1, 0.15) is 6.17 Å². The zero-order valence-corrected chi connectivity index (χ0v) is 10.3. The molecule has 1 aliphatic rings. The van der Waals surface area contributed by atoms with Crippen LogP contribution < -0.4 is 0 Å². The van der Waals surface area contributed by atoms with E-state index in [2.05, 4.69) is 6.92 Å². The summed E-state index contributed by atoms with van der Waals surface area (Å²) in [4.78, 5) is 0. The van der Waals surface area contributed by atoms with Crippen molar-refractivity contribution < 1.29 is 4.39 Å². The third-order valence-corrected chi connectivity index (χ3v) is 3.78. The van der Waals surface area contributed by atoms with E-state index in [0.29, 0.717) is 6.42 Å². The van der Waals surface area contributed by atoms with Crippen molar-refractivity contribution in [1.82, 2.24) is 0 Å². The zero-order chi connectivity index (χ0) is 11.5. The summed E-state index contributed by atoms with van der Waals surface area (Å²) in [6.45, 7) is 2.12. The minimum atomic E-state index is -0.718. The highest BCUT2D eigenvalue weighted by molar-refractivity contribution is 6.30. The van der Waals surface area contributed by atoms with Gasteiger partial charge in [0.2, 0.25) is 0 Å². The molecule has 1 fully saturated rings. The first-order chi connectivity index (χ1) is 7.70. The summed E-state index contributed by atoms with van der Waals surface area (Å²) >= 11 is 5.83. The summed E-state index contributed by atoms with van der Waals surface area (Å²) in [5, 5.41) is 0.718. The lowest BCUT2D eigenvalue weighted by Gasteiger charge is -2.31. The van der Waals surface area contributed by atoms with Gasteiger partial charge in [-0.1, -0.05) is 30.7 Å². The molecule has 1 aromatic carbocycles. The van der Waals surface area contributed by atoms with Crippen molar-refractivity contribution in [3.8, 4) is 0 Å². The molecule has 0 amide bonds. The third kappa shape index (κ3) is 2.57. The Morgan fingerprint density at radius 3 is 2.56 bits per heavy atom. The summed E-state index contributed by atoms with van der Waals surface area (Å²) in [6, 6.07) is 7.61. The molecule has 0 N–H and O–H groups in total. The van der Waals surface area contributed by atoms with Gasteiger partial charge >= 0.3 is 0 Å². The normalized spacial score (nSPS) is 26.9. The van der Waals surface area contributed by atoms with Crippen molar-refractivity contribution in [3.63, 3.8) is 0 Å². The Bertz CT molecular complexity index is 333. The molecule has 2 rings (SSSR count). The van der Waals surface area contributed by atoms with Crippen LogP contribution in [0.4, 0.5) is 4.39 Å². The Hall–Kier alpha value is -0.560. The van der Waals surface area contributed by atoms with Crippen LogP contribution in [0.5, 0.6) is 0 Å². The predicted octanol–water partition coefficient (Wildman–Crippen LogP) is 4.93. The van der Waals surface area contributed by atoms with Gasteiger partial charge in [-0.15, -0.1) is 0 Å². The fourth-order valence-electron chi connectivity index (χ4n) is 2.47. The number of alkyl halides is 1. The van der Waals surface area contributed by atoms with E-state index in [1.54, 1.807) is 0 Å². The third-order valence-electron chi connectivity index (χ3n) is 3.53. The molecule has 0 spiro atoms. The molecule has 0 bridgehead atoms. The topological polar surface area (TPSA) is 0 Å². The van der Waals surface area contributed by atoms with Crippen LogP contribution in [0.3, 0.4) is 0 Å². The molecule has 2 unspecified atom stereocenters. The Morgan fingerprint density at radius 2 is 2.00 bits per heavy atom. The molecule has 1 radical (unpaired) electrons. The quantitative estimate of drug-likeness (QED) is 0.687. The number of benzene rings is 1. The second-order valence-electron chi connectivity index (χ2n) is 4.52. The van der Waals surface area contributed by atoms with Crippen LogP contribution in [0.2, 0.25) is 5.02 Å². The van der Waals surface area contributed by atoms with Gasteiger partial charge in [-0.3, -0.25) is 0 Å². The minimum Gasteiger partial charge on any atom is -0.247 e. The lowest BCUT2D eigenvalue weighted by Crippen LogP contribution is -2.23. The average Bonchev–Trinajstić information content (AvgIpc) is 2.30. The molecule has 2 atom stereocenters. The van der Waals surface area contributed by atoms with Crippen molar-refractivity contribution in [2.24, 2.45) is 0 Å². The Balaban J connectivity index is 2.08. The molecule has 0 heterocycles. The van der Waals surface area contributed by atoms with Crippen LogP contribution in [0.15, 0.2) is 24.3 Å². The molecule has 0 nitrogen and oxygen atoms in total. The summed E-state index contributed by atoms with van der Waals surface area (Å²) in [7, 11) is 0. The Kier molecular flexibility index (Phi) is 3.86. The summed E-state index contributed by atoms with van der Waals surface area (Å²) in [6.07, 6.45) is 2.96. The van der Waals surface area contributed by atoms with Gasteiger partial charge in [0.05, 0.1) is 0 Å². The minimum absolute atomic E-state index is 0.0626. The number of hydrogen-bond acceptors (Lipinski definition) is 0. The van der Waals surface area contributed by atoms with Gasteiger partial charge in [-0.25, -0.2) is 4.39 Å². The largest absolute Gasteiger partial charge is 0.247 e. The Labute approximate surface area is 102 Å². The summed E-state index contributed by atoms with van der Waals surface area (Å²) in [5.74, 6) is 1.44. The summed E-state index contributed by atoms with van der Waals surface area (Å²) in [5.41, 5.74) is 1.09. The van der Waals surface area contributed by atoms with Gasteiger partial charge in [0, 0.05) is 10.9 Å². The van der Waals surface area contributed by atoms with Crippen LogP contribution in [-0.4, -0.2) is 6.17 Å². The molecule has 2 heteroatoms. The Morgan fingerprint density at radius 1 is 1.31 bits per heavy atom. The maximum absolute atomic E-state index is 14.0. The first-order valence-electron chi connectivity index (χ1n) is 5.93. The van der Waals surface area contributed by atoms with Crippen LogP contribution in [0, 0.1) is 5.92 Å². The van der Waals surface area contributed by atoms with Crippen LogP contribution in [0.25, 0.3) is 0 Å². The van der Waals surface area contributed by atoms with E-state index in [-0.39, 0.29) is 5.92 Å². The maximum Gasteiger partial charge on any atom is 0.107 e. The lowest BCUT2D eigenvalue weighted by molar-refractivity contribution is 0.226. The number of rotatable bonds is 2. The van der Waals surface area contributed by atoms with Crippen molar-refractivity contribution >= 4 is 11.6 Å². The first-order valence-corrected chi connectivity index (χ1v) is 6.31. The first kappa shape index (κ1) is 11.9. The fourth-order valence-corrected chi connectivity index (χ4v) is 2.59. The molecule has 1 saturated carbocycles. The summed E-state index contributed by atoms with van der Waals surface area (Å²) < 4.78 is 14.0. The van der Waals surface area contributed by atoms with E-state index in [0.717, 1.165) is 29.8 Å². The number of halogens is 2. The molecule has 0 saturated heterocycles. The van der Waals surface area contributed by atoms with Crippen molar-refractivity contribution in [2.75, 3.05) is 0 Å². The van der Waals surface area contributed by atoms with Crippen LogP contribution >= 0.6 is 11.6 Å².